The average molecular weight is 284 g/mol. The highest BCUT2D eigenvalue weighted by Gasteiger charge is 2.20. The summed E-state index contributed by atoms with van der Waals surface area (Å²) in [5.41, 5.74) is 4.44. The van der Waals surface area contributed by atoms with Gasteiger partial charge in [0.25, 0.3) is 0 Å². The molecule has 1 N–H and O–H groups in total. The Labute approximate surface area is 125 Å². The van der Waals surface area contributed by atoms with Crippen LogP contribution in [0.5, 0.6) is 5.75 Å². The Hall–Kier alpha value is -2.29. The summed E-state index contributed by atoms with van der Waals surface area (Å²) in [6.07, 6.45) is -0.528. The maximum atomic E-state index is 11.4. The van der Waals surface area contributed by atoms with E-state index in [2.05, 4.69) is 0 Å². The highest BCUT2D eigenvalue weighted by Crippen LogP contribution is 2.17. The van der Waals surface area contributed by atoms with Crippen LogP contribution < -0.4 is 4.74 Å². The summed E-state index contributed by atoms with van der Waals surface area (Å²) in [6, 6.07) is 13.4. The van der Waals surface area contributed by atoms with Crippen molar-refractivity contribution >= 4 is 5.97 Å². The molecule has 110 valence electrons. The molecule has 0 aromatic heterocycles. The SMILES string of the molecule is Cc1ccc(O[C@H](Cc2ccc(C)c(C)c2)C(=O)O)cc1. The van der Waals surface area contributed by atoms with E-state index in [0.29, 0.717) is 12.2 Å². The van der Waals surface area contributed by atoms with Gasteiger partial charge >= 0.3 is 5.97 Å². The molecule has 1 atom stereocenters. The first-order chi connectivity index (χ1) is 9.95. The van der Waals surface area contributed by atoms with Crippen molar-refractivity contribution in [3.05, 3.63) is 64.7 Å². The Morgan fingerprint density at radius 1 is 1.05 bits per heavy atom. The van der Waals surface area contributed by atoms with Crippen molar-refractivity contribution in [2.75, 3.05) is 0 Å². The predicted octanol–water partition coefficient (Wildman–Crippen LogP) is 3.69. The number of hydrogen-bond acceptors (Lipinski definition) is 2. The molecule has 0 fully saturated rings. The number of benzene rings is 2. The van der Waals surface area contributed by atoms with Gasteiger partial charge in [-0.25, -0.2) is 4.79 Å². The third-order valence-electron chi connectivity index (χ3n) is 3.57. The summed E-state index contributed by atoms with van der Waals surface area (Å²) in [7, 11) is 0. The molecular formula is C18H20O3. The molecule has 0 amide bonds. The monoisotopic (exact) mass is 284 g/mol. The van der Waals surface area contributed by atoms with Crippen LogP contribution in [0.4, 0.5) is 0 Å². The van der Waals surface area contributed by atoms with Crippen molar-refractivity contribution in [3.63, 3.8) is 0 Å². The molecule has 0 radical (unpaired) electrons. The first-order valence-electron chi connectivity index (χ1n) is 6.98. The lowest BCUT2D eigenvalue weighted by atomic mass is 10.0. The van der Waals surface area contributed by atoms with E-state index in [1.165, 1.54) is 5.56 Å². The minimum Gasteiger partial charge on any atom is -0.478 e. The molecule has 3 nitrogen and oxygen atoms in total. The maximum Gasteiger partial charge on any atom is 0.345 e. The molecule has 0 saturated heterocycles. The lowest BCUT2D eigenvalue weighted by Gasteiger charge is -2.16. The van der Waals surface area contributed by atoms with Crippen LogP contribution in [-0.4, -0.2) is 17.2 Å². The second kappa shape index (κ2) is 6.44. The van der Waals surface area contributed by atoms with Gasteiger partial charge in [0, 0.05) is 6.42 Å². The second-order valence-electron chi connectivity index (χ2n) is 5.38. The molecule has 0 aliphatic carbocycles. The Morgan fingerprint density at radius 2 is 1.71 bits per heavy atom. The summed E-state index contributed by atoms with van der Waals surface area (Å²) in [6.45, 7) is 6.04. The van der Waals surface area contributed by atoms with E-state index in [4.69, 9.17) is 4.74 Å². The third kappa shape index (κ3) is 4.09. The Bertz CT molecular complexity index is 629. The van der Waals surface area contributed by atoms with Crippen molar-refractivity contribution in [1.29, 1.82) is 0 Å². The van der Waals surface area contributed by atoms with E-state index >= 15 is 0 Å². The van der Waals surface area contributed by atoms with Gasteiger partial charge in [-0.15, -0.1) is 0 Å². The van der Waals surface area contributed by atoms with E-state index in [0.717, 1.165) is 16.7 Å². The number of carboxylic acids is 1. The molecule has 0 aliphatic rings. The number of hydrogen-bond donors (Lipinski definition) is 1. The summed E-state index contributed by atoms with van der Waals surface area (Å²) in [5.74, 6) is -0.370. The van der Waals surface area contributed by atoms with Gasteiger partial charge in [0.2, 0.25) is 0 Å². The van der Waals surface area contributed by atoms with E-state index < -0.39 is 12.1 Å². The highest BCUT2D eigenvalue weighted by atomic mass is 16.5. The quantitative estimate of drug-likeness (QED) is 0.911. The zero-order valence-electron chi connectivity index (χ0n) is 12.6. The smallest absolute Gasteiger partial charge is 0.345 e. The fourth-order valence-corrected chi connectivity index (χ4v) is 2.11. The number of aryl methyl sites for hydroxylation is 3. The van der Waals surface area contributed by atoms with Crippen molar-refractivity contribution in [1.82, 2.24) is 0 Å². The van der Waals surface area contributed by atoms with Gasteiger partial charge in [-0.2, -0.15) is 0 Å². The van der Waals surface area contributed by atoms with Crippen molar-refractivity contribution in [3.8, 4) is 5.75 Å². The first kappa shape index (κ1) is 15.1. The maximum absolute atomic E-state index is 11.4. The molecule has 2 aromatic carbocycles. The van der Waals surface area contributed by atoms with Gasteiger partial charge < -0.3 is 9.84 Å². The third-order valence-corrected chi connectivity index (χ3v) is 3.57. The molecule has 3 heteroatoms. The molecular weight excluding hydrogens is 264 g/mol. The lowest BCUT2D eigenvalue weighted by molar-refractivity contribution is -0.145. The van der Waals surface area contributed by atoms with Gasteiger partial charge in [0.05, 0.1) is 0 Å². The van der Waals surface area contributed by atoms with Crippen LogP contribution in [-0.2, 0) is 11.2 Å². The molecule has 21 heavy (non-hydrogen) atoms. The molecule has 2 rings (SSSR count). The average Bonchev–Trinajstić information content (AvgIpc) is 2.44. The second-order valence-corrected chi connectivity index (χ2v) is 5.38. The van der Waals surface area contributed by atoms with Gasteiger partial charge in [0.15, 0.2) is 6.10 Å². The molecule has 0 bridgehead atoms. The Morgan fingerprint density at radius 3 is 2.29 bits per heavy atom. The minimum atomic E-state index is -0.950. The lowest BCUT2D eigenvalue weighted by Crippen LogP contribution is -2.29. The minimum absolute atomic E-state index is 0.352. The van der Waals surface area contributed by atoms with Crippen LogP contribution in [0.1, 0.15) is 22.3 Å². The summed E-state index contributed by atoms with van der Waals surface area (Å²) < 4.78 is 5.61. The number of rotatable bonds is 5. The van der Waals surface area contributed by atoms with Crippen LogP contribution >= 0.6 is 0 Å². The van der Waals surface area contributed by atoms with E-state index in [1.807, 2.05) is 51.1 Å². The molecule has 0 unspecified atom stereocenters. The summed E-state index contributed by atoms with van der Waals surface area (Å²) >= 11 is 0. The summed E-state index contributed by atoms with van der Waals surface area (Å²) in [5, 5.41) is 9.35. The Balaban J connectivity index is 2.13. The molecule has 0 spiro atoms. The molecule has 0 heterocycles. The fraction of sp³-hybridized carbons (Fsp3) is 0.278. The number of aliphatic carboxylic acids is 1. The van der Waals surface area contributed by atoms with Gasteiger partial charge in [-0.1, -0.05) is 35.9 Å². The van der Waals surface area contributed by atoms with Gasteiger partial charge in [-0.05, 0) is 49.6 Å². The zero-order chi connectivity index (χ0) is 15.4. The van der Waals surface area contributed by atoms with Gasteiger partial charge in [0.1, 0.15) is 5.75 Å². The summed E-state index contributed by atoms with van der Waals surface area (Å²) in [4.78, 5) is 11.4. The van der Waals surface area contributed by atoms with Crippen LogP contribution in [0.15, 0.2) is 42.5 Å². The molecule has 0 aliphatic heterocycles. The predicted molar refractivity (Wildman–Crippen MR) is 82.9 cm³/mol. The topological polar surface area (TPSA) is 46.5 Å². The largest absolute Gasteiger partial charge is 0.478 e. The number of ether oxygens (including phenoxy) is 1. The van der Waals surface area contributed by atoms with E-state index in [9.17, 15) is 9.90 Å². The van der Waals surface area contributed by atoms with Crippen LogP contribution in [0, 0.1) is 20.8 Å². The fourth-order valence-electron chi connectivity index (χ4n) is 2.11. The van der Waals surface area contributed by atoms with Crippen LogP contribution in [0.2, 0.25) is 0 Å². The number of carbonyl (C=O) groups is 1. The van der Waals surface area contributed by atoms with Crippen molar-refractivity contribution in [2.45, 2.75) is 33.3 Å². The Kier molecular flexibility index (Phi) is 4.63. The highest BCUT2D eigenvalue weighted by molar-refractivity contribution is 5.73. The number of carboxylic acid groups (broad SMARTS) is 1. The van der Waals surface area contributed by atoms with Crippen molar-refractivity contribution in [2.24, 2.45) is 0 Å². The van der Waals surface area contributed by atoms with Crippen LogP contribution in [0.3, 0.4) is 0 Å². The molecule has 0 saturated carbocycles. The van der Waals surface area contributed by atoms with E-state index in [1.54, 1.807) is 12.1 Å². The standard InChI is InChI=1S/C18H20O3/c1-12-4-8-16(9-5-12)21-17(18(19)20)11-15-7-6-13(2)14(3)10-15/h4-10,17H,11H2,1-3H3,(H,19,20)/t17-/m1/s1. The van der Waals surface area contributed by atoms with Crippen LogP contribution in [0.25, 0.3) is 0 Å². The first-order valence-corrected chi connectivity index (χ1v) is 6.98. The van der Waals surface area contributed by atoms with E-state index in [-0.39, 0.29) is 0 Å². The zero-order valence-corrected chi connectivity index (χ0v) is 12.6. The van der Waals surface area contributed by atoms with Crippen molar-refractivity contribution < 1.29 is 14.6 Å². The van der Waals surface area contributed by atoms with Gasteiger partial charge in [-0.3, -0.25) is 0 Å². The molecule has 2 aromatic rings. The normalized spacial score (nSPS) is 12.0.